The van der Waals surface area contributed by atoms with Gasteiger partial charge in [0, 0.05) is 10.4 Å². The fourth-order valence-corrected chi connectivity index (χ4v) is 2.92. The van der Waals surface area contributed by atoms with Gasteiger partial charge in [-0.25, -0.2) is 0 Å². The van der Waals surface area contributed by atoms with Crippen molar-refractivity contribution in [2.45, 2.75) is 19.4 Å². The third kappa shape index (κ3) is 2.67. The Hall–Kier alpha value is -1.83. The number of halogens is 1. The summed E-state index contributed by atoms with van der Waals surface area (Å²) in [6.07, 6.45) is 1.04. The number of aryl methyl sites for hydroxylation is 1. The summed E-state index contributed by atoms with van der Waals surface area (Å²) >= 11 is 6.28. The fraction of sp³-hybridized carbons (Fsp3) is 0.158. The van der Waals surface area contributed by atoms with Gasteiger partial charge in [-0.15, -0.1) is 0 Å². The SMILES string of the molecule is CCc1ccc(C(N)c2ccc(Cl)c3ccccc23)cc1. The number of rotatable bonds is 3. The highest BCUT2D eigenvalue weighted by atomic mass is 35.5. The van der Waals surface area contributed by atoms with Crippen LogP contribution in [0.25, 0.3) is 10.8 Å². The lowest BCUT2D eigenvalue weighted by atomic mass is 9.94. The highest BCUT2D eigenvalue weighted by Crippen LogP contribution is 2.31. The predicted molar refractivity (Wildman–Crippen MR) is 90.8 cm³/mol. The molecule has 106 valence electrons. The Labute approximate surface area is 130 Å². The molecule has 0 bridgehead atoms. The predicted octanol–water partition coefficient (Wildman–Crippen LogP) is 5.10. The number of nitrogens with two attached hydrogens (primary N) is 1. The number of hydrogen-bond donors (Lipinski definition) is 1. The van der Waals surface area contributed by atoms with Crippen LogP contribution >= 0.6 is 11.6 Å². The summed E-state index contributed by atoms with van der Waals surface area (Å²) in [7, 11) is 0. The minimum Gasteiger partial charge on any atom is -0.320 e. The molecular formula is C19H18ClN. The van der Waals surface area contributed by atoms with Crippen molar-refractivity contribution < 1.29 is 0 Å². The summed E-state index contributed by atoms with van der Waals surface area (Å²) in [5.41, 5.74) is 10.0. The third-order valence-electron chi connectivity index (χ3n) is 3.99. The largest absolute Gasteiger partial charge is 0.320 e. The van der Waals surface area contributed by atoms with Gasteiger partial charge < -0.3 is 5.73 Å². The Bertz CT molecular complexity index is 762. The molecule has 0 amide bonds. The van der Waals surface area contributed by atoms with Crippen LogP contribution in [-0.4, -0.2) is 0 Å². The van der Waals surface area contributed by atoms with Crippen molar-refractivity contribution in [1.29, 1.82) is 0 Å². The molecule has 0 saturated carbocycles. The molecule has 2 N–H and O–H groups in total. The van der Waals surface area contributed by atoms with E-state index in [-0.39, 0.29) is 6.04 Å². The zero-order chi connectivity index (χ0) is 14.8. The summed E-state index contributed by atoms with van der Waals surface area (Å²) in [5, 5.41) is 2.94. The maximum atomic E-state index is 6.48. The lowest BCUT2D eigenvalue weighted by Crippen LogP contribution is -2.12. The lowest BCUT2D eigenvalue weighted by molar-refractivity contribution is 0.879. The van der Waals surface area contributed by atoms with Crippen molar-refractivity contribution in [3.8, 4) is 0 Å². The molecule has 0 aliphatic heterocycles. The molecule has 1 nitrogen and oxygen atoms in total. The van der Waals surface area contributed by atoms with Gasteiger partial charge in [-0.1, -0.05) is 73.1 Å². The zero-order valence-corrected chi connectivity index (χ0v) is 12.8. The Morgan fingerprint density at radius 1 is 0.905 bits per heavy atom. The molecule has 0 fully saturated rings. The molecule has 0 aromatic heterocycles. The van der Waals surface area contributed by atoms with Gasteiger partial charge in [-0.05, 0) is 34.6 Å². The molecule has 0 saturated heterocycles. The van der Waals surface area contributed by atoms with Crippen molar-refractivity contribution >= 4 is 22.4 Å². The molecule has 3 aromatic rings. The molecule has 2 heteroatoms. The summed E-state index contributed by atoms with van der Waals surface area (Å²) in [6.45, 7) is 2.15. The summed E-state index contributed by atoms with van der Waals surface area (Å²) in [6, 6.07) is 20.5. The average Bonchev–Trinajstić information content (AvgIpc) is 2.55. The first-order chi connectivity index (χ1) is 10.2. The Kier molecular flexibility index (Phi) is 3.96. The van der Waals surface area contributed by atoms with Gasteiger partial charge in [0.2, 0.25) is 0 Å². The van der Waals surface area contributed by atoms with Gasteiger partial charge in [-0.3, -0.25) is 0 Å². The van der Waals surface area contributed by atoms with E-state index in [1.54, 1.807) is 0 Å². The van der Waals surface area contributed by atoms with Crippen LogP contribution in [0.1, 0.15) is 29.7 Å². The fourth-order valence-electron chi connectivity index (χ4n) is 2.70. The summed E-state index contributed by atoms with van der Waals surface area (Å²) in [4.78, 5) is 0. The van der Waals surface area contributed by atoms with Crippen LogP contribution in [-0.2, 0) is 6.42 Å². The van der Waals surface area contributed by atoms with Crippen LogP contribution < -0.4 is 5.73 Å². The maximum Gasteiger partial charge on any atom is 0.0557 e. The molecular weight excluding hydrogens is 278 g/mol. The van der Waals surface area contributed by atoms with E-state index in [1.165, 1.54) is 5.56 Å². The first kappa shape index (κ1) is 14.1. The second-order valence-electron chi connectivity index (χ2n) is 5.26. The van der Waals surface area contributed by atoms with E-state index >= 15 is 0 Å². The standard InChI is InChI=1S/C19H18ClN/c1-2-13-7-9-14(10-8-13)19(21)17-11-12-18(20)16-6-4-3-5-15(16)17/h3-12,19H,2,21H2,1H3. The minimum absolute atomic E-state index is 0.141. The zero-order valence-electron chi connectivity index (χ0n) is 12.0. The molecule has 0 heterocycles. The van der Waals surface area contributed by atoms with Crippen LogP contribution in [0.2, 0.25) is 5.02 Å². The lowest BCUT2D eigenvalue weighted by Gasteiger charge is -2.16. The van der Waals surface area contributed by atoms with E-state index in [0.717, 1.165) is 33.3 Å². The summed E-state index contributed by atoms with van der Waals surface area (Å²) in [5.74, 6) is 0. The van der Waals surface area contributed by atoms with Gasteiger partial charge in [0.15, 0.2) is 0 Å². The van der Waals surface area contributed by atoms with Gasteiger partial charge in [0.1, 0.15) is 0 Å². The first-order valence-electron chi connectivity index (χ1n) is 7.22. The topological polar surface area (TPSA) is 26.0 Å². The highest BCUT2D eigenvalue weighted by molar-refractivity contribution is 6.35. The van der Waals surface area contributed by atoms with Gasteiger partial charge in [0.25, 0.3) is 0 Å². The van der Waals surface area contributed by atoms with Crippen molar-refractivity contribution in [3.05, 3.63) is 82.4 Å². The molecule has 21 heavy (non-hydrogen) atoms. The van der Waals surface area contributed by atoms with Gasteiger partial charge in [-0.2, -0.15) is 0 Å². The molecule has 0 spiro atoms. The van der Waals surface area contributed by atoms with Crippen LogP contribution in [0.15, 0.2) is 60.7 Å². The van der Waals surface area contributed by atoms with Crippen LogP contribution in [0.5, 0.6) is 0 Å². The average molecular weight is 296 g/mol. The van der Waals surface area contributed by atoms with Crippen molar-refractivity contribution in [2.24, 2.45) is 5.73 Å². The van der Waals surface area contributed by atoms with Crippen LogP contribution in [0.3, 0.4) is 0 Å². The molecule has 1 atom stereocenters. The molecule has 0 aliphatic carbocycles. The van der Waals surface area contributed by atoms with Crippen molar-refractivity contribution in [1.82, 2.24) is 0 Å². The number of hydrogen-bond acceptors (Lipinski definition) is 1. The van der Waals surface area contributed by atoms with E-state index in [2.05, 4.69) is 37.3 Å². The molecule has 3 aromatic carbocycles. The van der Waals surface area contributed by atoms with E-state index in [0.29, 0.717) is 0 Å². The molecule has 3 rings (SSSR count). The maximum absolute atomic E-state index is 6.48. The quantitative estimate of drug-likeness (QED) is 0.714. The number of fused-ring (bicyclic) bond motifs is 1. The van der Waals surface area contributed by atoms with E-state index in [4.69, 9.17) is 17.3 Å². The van der Waals surface area contributed by atoms with Gasteiger partial charge in [0.05, 0.1) is 6.04 Å². The summed E-state index contributed by atoms with van der Waals surface area (Å²) < 4.78 is 0. The van der Waals surface area contributed by atoms with E-state index in [9.17, 15) is 0 Å². The normalized spacial score (nSPS) is 12.5. The Balaban J connectivity index is 2.08. The van der Waals surface area contributed by atoms with Gasteiger partial charge >= 0.3 is 0 Å². The number of benzene rings is 3. The Morgan fingerprint density at radius 3 is 2.24 bits per heavy atom. The second kappa shape index (κ2) is 5.88. The van der Waals surface area contributed by atoms with Crippen molar-refractivity contribution in [2.75, 3.05) is 0 Å². The second-order valence-corrected chi connectivity index (χ2v) is 5.66. The highest BCUT2D eigenvalue weighted by Gasteiger charge is 2.13. The third-order valence-corrected chi connectivity index (χ3v) is 4.32. The first-order valence-corrected chi connectivity index (χ1v) is 7.60. The smallest absolute Gasteiger partial charge is 0.0557 e. The molecule has 0 radical (unpaired) electrons. The van der Waals surface area contributed by atoms with E-state index in [1.807, 2.05) is 30.3 Å². The molecule has 1 unspecified atom stereocenters. The van der Waals surface area contributed by atoms with Crippen molar-refractivity contribution in [3.63, 3.8) is 0 Å². The van der Waals surface area contributed by atoms with Crippen LogP contribution in [0, 0.1) is 0 Å². The van der Waals surface area contributed by atoms with E-state index < -0.39 is 0 Å². The Morgan fingerprint density at radius 2 is 1.57 bits per heavy atom. The monoisotopic (exact) mass is 295 g/mol. The molecule has 0 aliphatic rings. The van der Waals surface area contributed by atoms with Crippen LogP contribution in [0.4, 0.5) is 0 Å². The minimum atomic E-state index is -0.141.